The number of hydrogen-bond donors (Lipinski definition) is 4. The average molecular weight is 517 g/mol. The summed E-state index contributed by atoms with van der Waals surface area (Å²) in [6.45, 7) is 0.799. The number of hydrogen-bond acceptors (Lipinski definition) is 6. The van der Waals surface area contributed by atoms with Gasteiger partial charge in [-0.05, 0) is 32.1 Å². The smallest absolute Gasteiger partial charge is 0.463 e. The van der Waals surface area contributed by atoms with Crippen molar-refractivity contribution in [2.24, 2.45) is 0 Å². The van der Waals surface area contributed by atoms with Crippen LogP contribution in [0.15, 0.2) is 12.2 Å². The molecule has 0 saturated heterocycles. The van der Waals surface area contributed by atoms with Crippen LogP contribution < -0.4 is 0 Å². The highest BCUT2D eigenvalue weighted by Gasteiger charge is 2.27. The van der Waals surface area contributed by atoms with Crippen LogP contribution in [0.1, 0.15) is 96.8 Å². The lowest BCUT2D eigenvalue weighted by Crippen LogP contribution is -2.26. The van der Waals surface area contributed by atoms with Gasteiger partial charge in [0.1, 0.15) is 12.7 Å². The van der Waals surface area contributed by atoms with Crippen LogP contribution >= 0.6 is 15.6 Å². The highest BCUT2D eigenvalue weighted by atomic mass is 31.2. The first kappa shape index (κ1) is 32.4. The fourth-order valence-corrected chi connectivity index (χ4v) is 3.95. The third-order valence-corrected chi connectivity index (χ3v) is 5.85. The van der Waals surface area contributed by atoms with Crippen LogP contribution in [0.4, 0.5) is 0 Å². The summed E-state index contributed by atoms with van der Waals surface area (Å²) in [6, 6.07) is 0. The molecule has 0 aromatic heterocycles. The number of esters is 1. The zero-order valence-corrected chi connectivity index (χ0v) is 21.5. The number of unbranched alkanes of at least 4 members (excludes halogenated alkanes) is 11. The number of allylic oxidation sites excluding steroid dienone is 2. The fraction of sp³-hybridized carbons (Fsp3) is 0.857. The van der Waals surface area contributed by atoms with Crippen molar-refractivity contribution in [2.45, 2.75) is 103 Å². The largest absolute Gasteiger partial charge is 0.470 e. The van der Waals surface area contributed by atoms with Crippen molar-refractivity contribution in [1.82, 2.24) is 0 Å². The van der Waals surface area contributed by atoms with Crippen LogP contribution in [0.3, 0.4) is 0 Å². The Morgan fingerprint density at radius 2 is 1.27 bits per heavy atom. The van der Waals surface area contributed by atoms with Crippen molar-refractivity contribution in [3.8, 4) is 0 Å². The van der Waals surface area contributed by atoms with Crippen molar-refractivity contribution < 1.29 is 47.3 Å². The lowest BCUT2D eigenvalue weighted by atomic mass is 10.1. The van der Waals surface area contributed by atoms with E-state index in [0.29, 0.717) is 6.42 Å². The molecule has 1 atom stereocenters. The third-order valence-electron chi connectivity index (χ3n) is 4.79. The van der Waals surface area contributed by atoms with E-state index in [0.717, 1.165) is 38.5 Å². The predicted molar refractivity (Wildman–Crippen MR) is 125 cm³/mol. The Labute approximate surface area is 197 Å². The zero-order chi connectivity index (χ0) is 25.0. The van der Waals surface area contributed by atoms with Crippen LogP contribution in [-0.4, -0.2) is 44.9 Å². The molecule has 12 heteroatoms. The third kappa shape index (κ3) is 25.9. The molecule has 10 nitrogen and oxygen atoms in total. The number of carbonyl (C=O) groups is 1. The highest BCUT2D eigenvalue weighted by Crippen LogP contribution is 2.40. The molecule has 0 radical (unpaired) electrons. The zero-order valence-electron chi connectivity index (χ0n) is 19.7. The second kappa shape index (κ2) is 19.7. The maximum absolute atomic E-state index is 11.8. The molecule has 0 aromatic carbocycles. The number of phosphoric ester groups is 2. The number of phosphoric acid groups is 2. The predicted octanol–water partition coefficient (Wildman–Crippen LogP) is 5.15. The summed E-state index contributed by atoms with van der Waals surface area (Å²) in [5.74, 6) is -0.580. The van der Waals surface area contributed by atoms with Crippen LogP contribution in [0.2, 0.25) is 0 Å². The van der Waals surface area contributed by atoms with Crippen molar-refractivity contribution in [1.29, 1.82) is 0 Å². The molecule has 0 aliphatic carbocycles. The Morgan fingerprint density at radius 1 is 0.758 bits per heavy atom. The van der Waals surface area contributed by atoms with Gasteiger partial charge in [-0.2, -0.15) is 0 Å². The summed E-state index contributed by atoms with van der Waals surface area (Å²) in [7, 11) is -9.80. The van der Waals surface area contributed by atoms with E-state index in [2.05, 4.69) is 28.1 Å². The van der Waals surface area contributed by atoms with Gasteiger partial charge in [-0.3, -0.25) is 13.8 Å². The molecule has 33 heavy (non-hydrogen) atoms. The Morgan fingerprint density at radius 3 is 1.79 bits per heavy atom. The first-order valence-electron chi connectivity index (χ1n) is 11.8. The van der Waals surface area contributed by atoms with E-state index in [1.165, 1.54) is 38.5 Å². The molecule has 0 aliphatic heterocycles. The lowest BCUT2D eigenvalue weighted by Gasteiger charge is -2.18. The average Bonchev–Trinajstić information content (AvgIpc) is 2.71. The summed E-state index contributed by atoms with van der Waals surface area (Å²) in [4.78, 5) is 46.8. The first-order chi connectivity index (χ1) is 15.5. The Hall–Kier alpha value is -0.570. The Kier molecular flexibility index (Phi) is 19.4. The molecular formula is C21H42O10P2. The molecule has 0 rings (SSSR count). The summed E-state index contributed by atoms with van der Waals surface area (Å²) in [5, 5.41) is 0. The maximum atomic E-state index is 11.8. The van der Waals surface area contributed by atoms with Gasteiger partial charge in [0.2, 0.25) is 0 Å². The van der Waals surface area contributed by atoms with E-state index < -0.39 is 40.9 Å². The Balaban J connectivity index is 3.76. The van der Waals surface area contributed by atoms with Gasteiger partial charge >= 0.3 is 21.6 Å². The molecule has 0 fully saturated rings. The molecule has 0 saturated carbocycles. The van der Waals surface area contributed by atoms with Gasteiger partial charge in [-0.1, -0.05) is 70.4 Å². The monoisotopic (exact) mass is 516 g/mol. The van der Waals surface area contributed by atoms with Crippen molar-refractivity contribution in [3.05, 3.63) is 12.2 Å². The van der Waals surface area contributed by atoms with Crippen LogP contribution in [0.25, 0.3) is 0 Å². The van der Waals surface area contributed by atoms with E-state index in [-0.39, 0.29) is 6.42 Å². The summed E-state index contributed by atoms with van der Waals surface area (Å²) in [5.41, 5.74) is 0. The molecule has 1 unspecified atom stereocenters. The first-order valence-corrected chi connectivity index (χ1v) is 14.8. The second-order valence-electron chi connectivity index (χ2n) is 8.02. The maximum Gasteiger partial charge on any atom is 0.470 e. The minimum absolute atomic E-state index is 0.139. The summed E-state index contributed by atoms with van der Waals surface area (Å²) in [6.07, 6.45) is 17.9. The molecule has 0 heterocycles. The van der Waals surface area contributed by atoms with Gasteiger partial charge in [0.25, 0.3) is 0 Å². The molecule has 0 spiro atoms. The van der Waals surface area contributed by atoms with Gasteiger partial charge in [0, 0.05) is 6.42 Å². The van der Waals surface area contributed by atoms with Crippen molar-refractivity contribution in [3.63, 3.8) is 0 Å². The molecule has 4 N–H and O–H groups in total. The van der Waals surface area contributed by atoms with E-state index >= 15 is 0 Å². The highest BCUT2D eigenvalue weighted by molar-refractivity contribution is 7.46. The van der Waals surface area contributed by atoms with Crippen molar-refractivity contribution >= 4 is 21.6 Å². The van der Waals surface area contributed by atoms with Crippen LogP contribution in [-0.2, 0) is 27.7 Å². The number of carbonyl (C=O) groups excluding carboxylic acids is 1. The van der Waals surface area contributed by atoms with Crippen LogP contribution in [0, 0.1) is 0 Å². The van der Waals surface area contributed by atoms with E-state index in [1.807, 2.05) is 0 Å². The van der Waals surface area contributed by atoms with Crippen LogP contribution in [0.5, 0.6) is 0 Å². The molecular weight excluding hydrogens is 474 g/mol. The summed E-state index contributed by atoms with van der Waals surface area (Å²) < 4.78 is 35.0. The molecule has 0 aliphatic rings. The number of rotatable bonds is 22. The second-order valence-corrected chi connectivity index (χ2v) is 10.5. The van der Waals surface area contributed by atoms with Gasteiger partial charge < -0.3 is 24.3 Å². The van der Waals surface area contributed by atoms with Crippen molar-refractivity contribution in [2.75, 3.05) is 13.2 Å². The normalized spacial score (nSPS) is 13.5. The van der Waals surface area contributed by atoms with Gasteiger partial charge in [-0.15, -0.1) is 0 Å². The standard InChI is InChI=1S/C21H42O10P2/c1-2-3-4-5-6-7-8-9-10-11-12-13-14-15-16-17-21(22)29-18-20(31-33(26,27)28)19-30-32(23,24)25/h9-10,20H,2-8,11-19H2,1H3,(H2,23,24,25)(H2,26,27,28)/b10-9-. The summed E-state index contributed by atoms with van der Waals surface area (Å²) >= 11 is 0. The number of ether oxygens (including phenoxy) is 1. The van der Waals surface area contributed by atoms with E-state index in [4.69, 9.17) is 24.3 Å². The van der Waals surface area contributed by atoms with Gasteiger partial charge in [-0.25, -0.2) is 9.13 Å². The van der Waals surface area contributed by atoms with Gasteiger partial charge in [0.15, 0.2) is 0 Å². The quantitative estimate of drug-likeness (QED) is 0.0655. The molecule has 196 valence electrons. The van der Waals surface area contributed by atoms with E-state index in [1.54, 1.807) is 0 Å². The minimum atomic E-state index is -4.95. The Bertz CT molecular complexity index is 614. The van der Waals surface area contributed by atoms with E-state index in [9.17, 15) is 13.9 Å². The SMILES string of the molecule is CCCCCCCC/C=C\CCCCCCCC(=O)OCC(COP(=O)(O)O)OP(=O)(O)O. The lowest BCUT2D eigenvalue weighted by molar-refractivity contribution is -0.147. The molecule has 0 amide bonds. The molecule has 0 bridgehead atoms. The van der Waals surface area contributed by atoms with Gasteiger partial charge in [0.05, 0.1) is 6.61 Å². The topological polar surface area (TPSA) is 160 Å². The fourth-order valence-electron chi connectivity index (χ4n) is 3.08. The minimum Gasteiger partial charge on any atom is -0.463 e. The molecule has 0 aromatic rings.